The lowest BCUT2D eigenvalue weighted by atomic mass is 9.83. The number of ether oxygens (including phenoxy) is 1. The summed E-state index contributed by atoms with van der Waals surface area (Å²) < 4.78 is 4.72. The van der Waals surface area contributed by atoms with Crippen molar-refractivity contribution in [2.45, 2.75) is 26.9 Å². The number of hydrogen-bond donors (Lipinski definition) is 0. The predicted molar refractivity (Wildman–Crippen MR) is 29.3 cm³/mol. The van der Waals surface area contributed by atoms with Crippen LogP contribution in [0.5, 0.6) is 0 Å². The number of hydrogen-bond acceptors (Lipinski definition) is 2. The molecule has 0 saturated carbocycles. The molecule has 1 saturated heterocycles. The van der Waals surface area contributed by atoms with Gasteiger partial charge in [-0.05, 0) is 20.8 Å². The van der Waals surface area contributed by atoms with Crippen LogP contribution in [0.4, 0.5) is 0 Å². The van der Waals surface area contributed by atoms with E-state index in [-0.39, 0.29) is 17.5 Å². The van der Waals surface area contributed by atoms with Gasteiger partial charge >= 0.3 is 5.97 Å². The summed E-state index contributed by atoms with van der Waals surface area (Å²) in [5.41, 5.74) is -0.222. The zero-order valence-corrected chi connectivity index (χ0v) is 5.39. The fourth-order valence-electron chi connectivity index (χ4n) is 0.568. The van der Waals surface area contributed by atoms with Crippen molar-refractivity contribution >= 4 is 5.97 Å². The van der Waals surface area contributed by atoms with Crippen LogP contribution in [-0.4, -0.2) is 12.1 Å². The van der Waals surface area contributed by atoms with E-state index in [1.807, 2.05) is 20.8 Å². The molecule has 0 aromatic carbocycles. The summed E-state index contributed by atoms with van der Waals surface area (Å²) in [5, 5.41) is 0. The van der Waals surface area contributed by atoms with Crippen LogP contribution in [0.3, 0.4) is 0 Å². The minimum absolute atomic E-state index is 0.0787. The first-order valence-electron chi connectivity index (χ1n) is 2.76. The van der Waals surface area contributed by atoms with Crippen molar-refractivity contribution in [2.24, 2.45) is 5.41 Å². The molecule has 0 amide bonds. The van der Waals surface area contributed by atoms with Gasteiger partial charge in [-0.25, -0.2) is 0 Å². The normalized spacial score (nSPS) is 33.4. The Bertz CT molecular complexity index is 126. The van der Waals surface area contributed by atoms with Gasteiger partial charge in [0.05, 0.1) is 5.41 Å². The lowest BCUT2D eigenvalue weighted by Gasteiger charge is -2.39. The van der Waals surface area contributed by atoms with Crippen LogP contribution in [0.15, 0.2) is 0 Å². The first-order chi connectivity index (χ1) is 3.55. The Hall–Kier alpha value is -0.530. The van der Waals surface area contributed by atoms with Crippen LogP contribution in [0.2, 0.25) is 0 Å². The van der Waals surface area contributed by atoms with Crippen LogP contribution >= 0.6 is 0 Å². The molecule has 1 rings (SSSR count). The van der Waals surface area contributed by atoms with Gasteiger partial charge in [-0.15, -0.1) is 0 Å². The van der Waals surface area contributed by atoms with Crippen molar-refractivity contribution in [2.75, 3.05) is 0 Å². The average Bonchev–Trinajstić information content (AvgIpc) is 1.68. The van der Waals surface area contributed by atoms with Crippen LogP contribution in [0.1, 0.15) is 20.8 Å². The lowest BCUT2D eigenvalue weighted by molar-refractivity contribution is -0.197. The Kier molecular flexibility index (Phi) is 0.872. The zero-order chi connectivity index (χ0) is 6.36. The summed E-state index contributed by atoms with van der Waals surface area (Å²) in [6.45, 7) is 5.69. The fourth-order valence-corrected chi connectivity index (χ4v) is 0.568. The van der Waals surface area contributed by atoms with E-state index in [1.165, 1.54) is 0 Å². The van der Waals surface area contributed by atoms with Gasteiger partial charge in [-0.3, -0.25) is 4.79 Å². The third-order valence-electron chi connectivity index (χ3n) is 1.83. The summed E-state index contributed by atoms with van der Waals surface area (Å²) >= 11 is 0. The Morgan fingerprint density at radius 3 is 2.12 bits per heavy atom. The molecule has 0 aliphatic carbocycles. The van der Waals surface area contributed by atoms with Gasteiger partial charge in [0.25, 0.3) is 0 Å². The minimum atomic E-state index is -0.222. The van der Waals surface area contributed by atoms with Gasteiger partial charge in [0.15, 0.2) is 0 Å². The quantitative estimate of drug-likeness (QED) is 0.438. The molecule has 46 valence electrons. The Morgan fingerprint density at radius 1 is 1.62 bits per heavy atom. The highest BCUT2D eigenvalue weighted by Crippen LogP contribution is 2.34. The average molecular weight is 114 g/mol. The molecule has 0 N–H and O–H groups in total. The van der Waals surface area contributed by atoms with E-state index in [2.05, 4.69) is 0 Å². The van der Waals surface area contributed by atoms with Crippen LogP contribution in [0.25, 0.3) is 0 Å². The van der Waals surface area contributed by atoms with Crippen LogP contribution < -0.4 is 0 Å². The highest BCUT2D eigenvalue weighted by Gasteiger charge is 2.47. The Labute approximate surface area is 48.8 Å². The number of rotatable bonds is 0. The van der Waals surface area contributed by atoms with E-state index in [0.29, 0.717) is 0 Å². The summed E-state index contributed by atoms with van der Waals surface area (Å²) in [5.74, 6) is -0.0787. The minimum Gasteiger partial charge on any atom is -0.461 e. The highest BCUT2D eigenvalue weighted by atomic mass is 16.6. The molecule has 1 atom stereocenters. The molecular formula is C6H10O2. The number of cyclic esters (lactones) is 1. The second kappa shape index (κ2) is 1.24. The molecule has 0 radical (unpaired) electrons. The second-order valence-corrected chi connectivity index (χ2v) is 2.77. The molecule has 0 unspecified atom stereocenters. The van der Waals surface area contributed by atoms with E-state index in [1.54, 1.807) is 0 Å². The van der Waals surface area contributed by atoms with Gasteiger partial charge in [-0.2, -0.15) is 0 Å². The van der Waals surface area contributed by atoms with Gasteiger partial charge in [0, 0.05) is 0 Å². The van der Waals surface area contributed by atoms with E-state index in [4.69, 9.17) is 4.74 Å². The lowest BCUT2D eigenvalue weighted by Crippen LogP contribution is -2.50. The number of esters is 1. The van der Waals surface area contributed by atoms with Crippen LogP contribution in [0, 0.1) is 5.41 Å². The van der Waals surface area contributed by atoms with Gasteiger partial charge in [0.2, 0.25) is 0 Å². The molecule has 0 bridgehead atoms. The van der Waals surface area contributed by atoms with Gasteiger partial charge in [0.1, 0.15) is 6.10 Å². The summed E-state index contributed by atoms with van der Waals surface area (Å²) in [7, 11) is 0. The largest absolute Gasteiger partial charge is 0.461 e. The van der Waals surface area contributed by atoms with Gasteiger partial charge in [-0.1, -0.05) is 0 Å². The second-order valence-electron chi connectivity index (χ2n) is 2.77. The molecule has 0 spiro atoms. The fraction of sp³-hybridized carbons (Fsp3) is 0.833. The highest BCUT2D eigenvalue weighted by molar-refractivity contribution is 5.81. The smallest absolute Gasteiger partial charge is 0.315 e. The third-order valence-corrected chi connectivity index (χ3v) is 1.83. The molecule has 2 nitrogen and oxygen atoms in total. The predicted octanol–water partition coefficient (Wildman–Crippen LogP) is 0.958. The SMILES string of the molecule is C[C@H]1OC(=O)C1(C)C. The maximum atomic E-state index is 10.5. The molecule has 2 heteroatoms. The summed E-state index contributed by atoms with van der Waals surface area (Å²) in [4.78, 5) is 10.5. The third kappa shape index (κ3) is 0.457. The molecule has 1 aliphatic rings. The van der Waals surface area contributed by atoms with Gasteiger partial charge < -0.3 is 4.74 Å². The number of carbonyl (C=O) groups is 1. The van der Waals surface area contributed by atoms with Crippen molar-refractivity contribution in [3.05, 3.63) is 0 Å². The molecule has 0 aromatic rings. The maximum absolute atomic E-state index is 10.5. The van der Waals surface area contributed by atoms with E-state index in [0.717, 1.165) is 0 Å². The van der Waals surface area contributed by atoms with E-state index >= 15 is 0 Å². The van der Waals surface area contributed by atoms with Crippen molar-refractivity contribution < 1.29 is 9.53 Å². The molecule has 1 aliphatic heterocycles. The zero-order valence-electron chi connectivity index (χ0n) is 5.39. The Morgan fingerprint density at radius 2 is 2.12 bits per heavy atom. The summed E-state index contributed by atoms with van der Waals surface area (Å²) in [6, 6.07) is 0. The first kappa shape index (κ1) is 5.60. The Balaban J connectivity index is 2.66. The van der Waals surface area contributed by atoms with E-state index in [9.17, 15) is 4.79 Å². The molecule has 0 aromatic heterocycles. The summed E-state index contributed by atoms with van der Waals surface area (Å²) in [6.07, 6.45) is 0.106. The van der Waals surface area contributed by atoms with Crippen molar-refractivity contribution in [3.63, 3.8) is 0 Å². The first-order valence-corrected chi connectivity index (χ1v) is 2.76. The standard InChI is InChI=1S/C6H10O2/c1-4-6(2,3)5(7)8-4/h4H,1-3H3/t4-/m1/s1. The van der Waals surface area contributed by atoms with Crippen molar-refractivity contribution in [1.82, 2.24) is 0 Å². The van der Waals surface area contributed by atoms with Crippen molar-refractivity contribution in [1.29, 1.82) is 0 Å². The van der Waals surface area contributed by atoms with E-state index < -0.39 is 0 Å². The maximum Gasteiger partial charge on any atom is 0.315 e. The molecule has 8 heavy (non-hydrogen) atoms. The monoisotopic (exact) mass is 114 g/mol. The number of carbonyl (C=O) groups excluding carboxylic acids is 1. The van der Waals surface area contributed by atoms with Crippen molar-refractivity contribution in [3.8, 4) is 0 Å². The topological polar surface area (TPSA) is 26.3 Å². The molecule has 1 heterocycles. The van der Waals surface area contributed by atoms with Crippen LogP contribution in [-0.2, 0) is 9.53 Å². The molecular weight excluding hydrogens is 104 g/mol. The molecule has 1 fully saturated rings.